The maximum atomic E-state index is 12.3. The number of ether oxygens (including phenoxy) is 1. The van der Waals surface area contributed by atoms with E-state index in [1.165, 1.54) is 0 Å². The molecule has 0 saturated heterocycles. The topological polar surface area (TPSA) is 56.1 Å². The molecule has 0 spiro atoms. The van der Waals surface area contributed by atoms with Gasteiger partial charge in [0.1, 0.15) is 5.75 Å². The number of hydrogen-bond donors (Lipinski definition) is 1. The van der Waals surface area contributed by atoms with Crippen molar-refractivity contribution in [3.8, 4) is 5.75 Å². The highest BCUT2D eigenvalue weighted by atomic mass is 16.5. The van der Waals surface area contributed by atoms with Gasteiger partial charge in [0.15, 0.2) is 0 Å². The Balaban J connectivity index is 2.17. The van der Waals surface area contributed by atoms with Gasteiger partial charge >= 0.3 is 0 Å². The quantitative estimate of drug-likeness (QED) is 0.929. The third-order valence-electron chi connectivity index (χ3n) is 3.44. The van der Waals surface area contributed by atoms with Crippen molar-refractivity contribution in [3.63, 3.8) is 0 Å². The molecule has 0 bridgehead atoms. The van der Waals surface area contributed by atoms with Crippen LogP contribution in [0.3, 0.4) is 0 Å². The van der Waals surface area contributed by atoms with Gasteiger partial charge in [-0.05, 0) is 26.0 Å². The van der Waals surface area contributed by atoms with Gasteiger partial charge in [-0.3, -0.25) is 9.48 Å². The summed E-state index contributed by atoms with van der Waals surface area (Å²) in [6.07, 6.45) is 1.78. The Morgan fingerprint density at radius 2 is 2.10 bits per heavy atom. The average molecular weight is 273 g/mol. The molecule has 0 saturated carbocycles. The molecule has 2 rings (SSSR count). The second-order valence-electron chi connectivity index (χ2n) is 4.70. The van der Waals surface area contributed by atoms with Crippen LogP contribution < -0.4 is 10.1 Å². The Morgan fingerprint density at radius 3 is 2.70 bits per heavy atom. The molecule has 1 heterocycles. The van der Waals surface area contributed by atoms with E-state index in [1.54, 1.807) is 30.1 Å². The minimum atomic E-state index is -0.154. The maximum Gasteiger partial charge on any atom is 0.255 e. The lowest BCUT2D eigenvalue weighted by molar-refractivity contribution is 0.0937. The van der Waals surface area contributed by atoms with Crippen LogP contribution in [0.25, 0.3) is 0 Å². The van der Waals surface area contributed by atoms with E-state index in [4.69, 9.17) is 4.74 Å². The summed E-state index contributed by atoms with van der Waals surface area (Å²) in [6, 6.07) is 7.06. The number of amides is 1. The summed E-state index contributed by atoms with van der Waals surface area (Å²) in [5, 5.41) is 7.16. The molecule has 1 amide bonds. The second kappa shape index (κ2) is 5.77. The highest BCUT2D eigenvalue weighted by molar-refractivity contribution is 5.97. The smallest absolute Gasteiger partial charge is 0.255 e. The van der Waals surface area contributed by atoms with Gasteiger partial charge in [-0.1, -0.05) is 12.1 Å². The van der Waals surface area contributed by atoms with Crippen molar-refractivity contribution in [1.29, 1.82) is 0 Å². The summed E-state index contributed by atoms with van der Waals surface area (Å²) < 4.78 is 7.00. The largest absolute Gasteiger partial charge is 0.496 e. The number of hydrogen-bond acceptors (Lipinski definition) is 3. The summed E-state index contributed by atoms with van der Waals surface area (Å²) in [6.45, 7) is 3.92. The maximum absolute atomic E-state index is 12.3. The molecule has 0 fully saturated rings. The van der Waals surface area contributed by atoms with Crippen molar-refractivity contribution < 1.29 is 9.53 Å². The zero-order valence-electron chi connectivity index (χ0n) is 12.2. The van der Waals surface area contributed by atoms with Crippen LogP contribution in [0, 0.1) is 6.92 Å². The molecule has 0 aliphatic carbocycles. The summed E-state index contributed by atoms with van der Waals surface area (Å²) in [7, 11) is 3.44. The summed E-state index contributed by atoms with van der Waals surface area (Å²) in [4.78, 5) is 12.3. The molecule has 1 atom stereocenters. The molecular weight excluding hydrogens is 254 g/mol. The minimum Gasteiger partial charge on any atom is -0.496 e. The first kappa shape index (κ1) is 14.1. The van der Waals surface area contributed by atoms with E-state index in [0.29, 0.717) is 11.3 Å². The fraction of sp³-hybridized carbons (Fsp3) is 0.333. The predicted octanol–water partition coefficient (Wildman–Crippen LogP) is 2.23. The highest BCUT2D eigenvalue weighted by Gasteiger charge is 2.17. The summed E-state index contributed by atoms with van der Waals surface area (Å²) in [5.41, 5.74) is 2.58. The number of methoxy groups -OCH3 is 1. The molecule has 0 radical (unpaired) electrons. The Hall–Kier alpha value is -2.30. The van der Waals surface area contributed by atoms with Crippen molar-refractivity contribution in [3.05, 3.63) is 47.3 Å². The molecule has 1 N–H and O–H groups in total. The van der Waals surface area contributed by atoms with Gasteiger partial charge in [-0.2, -0.15) is 5.10 Å². The van der Waals surface area contributed by atoms with Crippen LogP contribution in [-0.2, 0) is 7.05 Å². The molecule has 0 aliphatic rings. The fourth-order valence-electron chi connectivity index (χ4n) is 2.13. The van der Waals surface area contributed by atoms with E-state index in [1.807, 2.05) is 33.0 Å². The first-order valence-corrected chi connectivity index (χ1v) is 6.47. The van der Waals surface area contributed by atoms with Gasteiger partial charge in [0.05, 0.1) is 24.9 Å². The summed E-state index contributed by atoms with van der Waals surface area (Å²) in [5.74, 6) is 0.415. The number of nitrogens with zero attached hydrogens (tertiary/aromatic N) is 2. The zero-order valence-corrected chi connectivity index (χ0v) is 12.2. The van der Waals surface area contributed by atoms with E-state index in [2.05, 4.69) is 10.4 Å². The minimum absolute atomic E-state index is 0.110. The van der Waals surface area contributed by atoms with Crippen molar-refractivity contribution in [2.24, 2.45) is 7.05 Å². The number of carbonyl (C=O) groups is 1. The molecule has 1 aromatic heterocycles. The molecule has 5 heteroatoms. The van der Waals surface area contributed by atoms with Crippen LogP contribution in [-0.4, -0.2) is 22.8 Å². The van der Waals surface area contributed by atoms with Crippen LogP contribution in [0.5, 0.6) is 5.75 Å². The van der Waals surface area contributed by atoms with E-state index in [0.717, 1.165) is 11.3 Å². The Morgan fingerprint density at radius 1 is 1.40 bits per heavy atom. The first-order valence-electron chi connectivity index (χ1n) is 6.47. The molecule has 1 aromatic carbocycles. The monoisotopic (exact) mass is 273 g/mol. The second-order valence-corrected chi connectivity index (χ2v) is 4.70. The number of aryl methyl sites for hydroxylation is 1. The van der Waals surface area contributed by atoms with Crippen LogP contribution >= 0.6 is 0 Å². The third kappa shape index (κ3) is 2.66. The number of nitrogens with one attached hydrogen (secondary N) is 1. The lowest BCUT2D eigenvalue weighted by Gasteiger charge is -2.15. The average Bonchev–Trinajstić information content (AvgIpc) is 2.79. The fourth-order valence-corrected chi connectivity index (χ4v) is 2.13. The molecular formula is C15H19N3O2. The molecule has 20 heavy (non-hydrogen) atoms. The van der Waals surface area contributed by atoms with Gasteiger partial charge in [0.2, 0.25) is 0 Å². The number of benzene rings is 1. The van der Waals surface area contributed by atoms with Crippen LogP contribution in [0.4, 0.5) is 0 Å². The number of rotatable bonds is 4. The zero-order chi connectivity index (χ0) is 14.7. The van der Waals surface area contributed by atoms with Gasteiger partial charge < -0.3 is 10.1 Å². The van der Waals surface area contributed by atoms with Crippen molar-refractivity contribution >= 4 is 5.91 Å². The first-order chi connectivity index (χ1) is 9.54. The lowest BCUT2D eigenvalue weighted by Crippen LogP contribution is -2.27. The van der Waals surface area contributed by atoms with Crippen molar-refractivity contribution in [1.82, 2.24) is 15.1 Å². The van der Waals surface area contributed by atoms with Gasteiger partial charge in [0.25, 0.3) is 5.91 Å². The number of carbonyl (C=O) groups excluding carboxylic acids is 1. The van der Waals surface area contributed by atoms with Gasteiger partial charge in [-0.25, -0.2) is 0 Å². The highest BCUT2D eigenvalue weighted by Crippen LogP contribution is 2.20. The lowest BCUT2D eigenvalue weighted by atomic mass is 10.1. The Kier molecular flexibility index (Phi) is 4.08. The normalized spacial score (nSPS) is 12.0. The van der Waals surface area contributed by atoms with E-state index in [9.17, 15) is 4.79 Å². The molecule has 1 unspecified atom stereocenters. The standard InChI is InChI=1S/C15H19N3O2/c1-10(13-9-16-18(3)11(13)2)17-15(19)12-7-5-6-8-14(12)20-4/h5-10H,1-4H3,(H,17,19). The van der Waals surface area contributed by atoms with Gasteiger partial charge in [-0.15, -0.1) is 0 Å². The number of aromatic nitrogens is 2. The predicted molar refractivity (Wildman–Crippen MR) is 76.8 cm³/mol. The van der Waals surface area contributed by atoms with Gasteiger partial charge in [0, 0.05) is 18.3 Å². The SMILES string of the molecule is COc1ccccc1C(=O)NC(C)c1cnn(C)c1C. The van der Waals surface area contributed by atoms with Crippen LogP contribution in [0.15, 0.2) is 30.5 Å². The van der Waals surface area contributed by atoms with E-state index in [-0.39, 0.29) is 11.9 Å². The van der Waals surface area contributed by atoms with Crippen molar-refractivity contribution in [2.75, 3.05) is 7.11 Å². The molecule has 5 nitrogen and oxygen atoms in total. The third-order valence-corrected chi connectivity index (χ3v) is 3.44. The van der Waals surface area contributed by atoms with Crippen LogP contribution in [0.1, 0.15) is 34.6 Å². The molecule has 2 aromatic rings. The van der Waals surface area contributed by atoms with E-state index < -0.39 is 0 Å². The van der Waals surface area contributed by atoms with Crippen molar-refractivity contribution in [2.45, 2.75) is 19.9 Å². The molecule has 0 aliphatic heterocycles. The van der Waals surface area contributed by atoms with E-state index >= 15 is 0 Å². The Bertz CT molecular complexity index is 619. The Labute approximate surface area is 118 Å². The van der Waals surface area contributed by atoms with Crippen LogP contribution in [0.2, 0.25) is 0 Å². The molecule has 106 valence electrons. The number of para-hydroxylation sites is 1. The summed E-state index contributed by atoms with van der Waals surface area (Å²) >= 11 is 0.